The van der Waals surface area contributed by atoms with Crippen LogP contribution in [0.3, 0.4) is 0 Å². The Bertz CT molecular complexity index is 484. The molecule has 4 nitrogen and oxygen atoms in total. The third-order valence-corrected chi connectivity index (χ3v) is 7.49. The Morgan fingerprint density at radius 1 is 1.41 bits per heavy atom. The number of aliphatic hydroxyl groups is 1. The molecule has 0 amide bonds. The van der Waals surface area contributed by atoms with Crippen molar-refractivity contribution >= 4 is 44.0 Å². The van der Waals surface area contributed by atoms with Crippen LogP contribution in [0.1, 0.15) is 11.7 Å². The molecule has 2 atom stereocenters. The lowest BCUT2D eigenvalue weighted by atomic mass is 10.1. The molecule has 0 heterocycles. The topological polar surface area (TPSA) is 63.6 Å². The maximum atomic E-state index is 11.5. The van der Waals surface area contributed by atoms with E-state index in [1.54, 1.807) is 24.3 Å². The fraction of sp³-hybridized carbons (Fsp3) is 0.400. The van der Waals surface area contributed by atoms with Crippen LogP contribution in [-0.2, 0) is 9.84 Å². The number of alkyl halides is 2. The van der Waals surface area contributed by atoms with Crippen molar-refractivity contribution in [1.82, 2.24) is 0 Å². The molecule has 0 aliphatic heterocycles. The SMILES string of the molecule is COc1ccc(C(O)C(Cl)(I)S(C)(=O)=O)cc1. The van der Waals surface area contributed by atoms with Gasteiger partial charge in [-0.1, -0.05) is 23.7 Å². The van der Waals surface area contributed by atoms with Crippen LogP contribution >= 0.6 is 34.2 Å². The largest absolute Gasteiger partial charge is 0.497 e. The van der Waals surface area contributed by atoms with Gasteiger partial charge in [0.25, 0.3) is 0 Å². The fourth-order valence-corrected chi connectivity index (χ4v) is 2.21. The van der Waals surface area contributed by atoms with Gasteiger partial charge in [-0.3, -0.25) is 0 Å². The molecule has 1 aromatic rings. The molecule has 0 saturated heterocycles. The summed E-state index contributed by atoms with van der Waals surface area (Å²) in [5.74, 6) is 0.619. The minimum absolute atomic E-state index is 0.417. The number of halogens is 2. The summed E-state index contributed by atoms with van der Waals surface area (Å²) in [5.41, 5.74) is 0.417. The van der Waals surface area contributed by atoms with Gasteiger partial charge in [0.15, 0.2) is 9.84 Å². The quantitative estimate of drug-likeness (QED) is 0.632. The van der Waals surface area contributed by atoms with E-state index < -0.39 is 18.2 Å². The van der Waals surface area contributed by atoms with E-state index in [4.69, 9.17) is 16.3 Å². The lowest BCUT2D eigenvalue weighted by Crippen LogP contribution is -2.31. The molecule has 17 heavy (non-hydrogen) atoms. The van der Waals surface area contributed by atoms with Crippen LogP contribution in [0.4, 0.5) is 0 Å². The Hall–Kier alpha value is -0.0500. The summed E-state index contributed by atoms with van der Waals surface area (Å²) in [6.45, 7) is 0. The van der Waals surface area contributed by atoms with Crippen LogP contribution < -0.4 is 4.74 Å². The molecule has 0 bridgehead atoms. The molecule has 0 aliphatic carbocycles. The highest BCUT2D eigenvalue weighted by molar-refractivity contribution is 14.1. The van der Waals surface area contributed by atoms with Crippen LogP contribution in [0.15, 0.2) is 24.3 Å². The number of sulfone groups is 1. The molecule has 96 valence electrons. The van der Waals surface area contributed by atoms with Gasteiger partial charge in [0.05, 0.1) is 7.11 Å². The number of rotatable bonds is 4. The van der Waals surface area contributed by atoms with Gasteiger partial charge in [0.2, 0.25) is 2.21 Å². The van der Waals surface area contributed by atoms with Gasteiger partial charge >= 0.3 is 0 Å². The van der Waals surface area contributed by atoms with E-state index in [2.05, 4.69) is 0 Å². The summed E-state index contributed by atoms with van der Waals surface area (Å²) >= 11 is 7.41. The van der Waals surface area contributed by atoms with Gasteiger partial charge in [-0.05, 0) is 40.3 Å². The first-order valence-electron chi connectivity index (χ1n) is 4.59. The number of hydrogen-bond donors (Lipinski definition) is 1. The molecule has 1 rings (SSSR count). The first-order valence-corrected chi connectivity index (χ1v) is 7.94. The Morgan fingerprint density at radius 3 is 2.24 bits per heavy atom. The highest BCUT2D eigenvalue weighted by Crippen LogP contribution is 2.42. The molecular formula is C10H12ClIO4S. The van der Waals surface area contributed by atoms with E-state index in [9.17, 15) is 13.5 Å². The van der Waals surface area contributed by atoms with E-state index in [1.807, 2.05) is 0 Å². The highest BCUT2D eigenvalue weighted by Gasteiger charge is 2.44. The molecule has 1 aromatic carbocycles. The fourth-order valence-electron chi connectivity index (χ4n) is 1.18. The number of benzene rings is 1. The van der Waals surface area contributed by atoms with Crippen molar-refractivity contribution in [2.45, 2.75) is 8.32 Å². The van der Waals surface area contributed by atoms with Crippen LogP contribution in [0.25, 0.3) is 0 Å². The molecule has 2 unspecified atom stereocenters. The van der Waals surface area contributed by atoms with Gasteiger partial charge < -0.3 is 9.84 Å². The van der Waals surface area contributed by atoms with Crippen molar-refractivity contribution in [2.24, 2.45) is 0 Å². The molecule has 0 aromatic heterocycles. The predicted molar refractivity (Wildman–Crippen MR) is 75.4 cm³/mol. The lowest BCUT2D eigenvalue weighted by Gasteiger charge is -2.24. The second-order valence-corrected chi connectivity index (χ2v) is 9.59. The lowest BCUT2D eigenvalue weighted by molar-refractivity contribution is 0.187. The number of ether oxygens (including phenoxy) is 1. The zero-order chi connectivity index (χ0) is 13.3. The first-order chi connectivity index (χ1) is 7.70. The maximum absolute atomic E-state index is 11.5. The normalized spacial score (nSPS) is 17.2. The smallest absolute Gasteiger partial charge is 0.224 e. The first kappa shape index (κ1) is 15.0. The number of aliphatic hydroxyl groups excluding tert-OH is 1. The Balaban J connectivity index is 3.08. The monoisotopic (exact) mass is 390 g/mol. The van der Waals surface area contributed by atoms with Gasteiger partial charge in [0, 0.05) is 6.26 Å². The Labute approximate surface area is 119 Å². The molecular weight excluding hydrogens is 379 g/mol. The standard InChI is InChI=1S/C10H12ClIO4S/c1-16-8-5-3-7(4-6-8)9(13)10(11,12)17(2,14)15/h3-6,9,13H,1-2H3. The summed E-state index contributed by atoms with van der Waals surface area (Å²) in [7, 11) is -2.07. The van der Waals surface area contributed by atoms with Crippen molar-refractivity contribution in [2.75, 3.05) is 13.4 Å². The minimum atomic E-state index is -3.59. The average Bonchev–Trinajstić information content (AvgIpc) is 2.26. The van der Waals surface area contributed by atoms with Crippen molar-refractivity contribution in [3.63, 3.8) is 0 Å². The second kappa shape index (κ2) is 5.29. The van der Waals surface area contributed by atoms with Crippen molar-refractivity contribution in [3.05, 3.63) is 29.8 Å². The zero-order valence-electron chi connectivity index (χ0n) is 9.22. The summed E-state index contributed by atoms with van der Waals surface area (Å²) in [5, 5.41) is 9.99. The summed E-state index contributed by atoms with van der Waals surface area (Å²) < 4.78 is 26.1. The van der Waals surface area contributed by atoms with E-state index in [-0.39, 0.29) is 0 Å². The van der Waals surface area contributed by atoms with Crippen LogP contribution in [0.5, 0.6) is 5.75 Å². The van der Waals surface area contributed by atoms with Crippen LogP contribution in [0, 0.1) is 0 Å². The molecule has 0 radical (unpaired) electrons. The van der Waals surface area contributed by atoms with E-state index in [0.29, 0.717) is 11.3 Å². The Kier molecular flexibility index (Phi) is 4.67. The van der Waals surface area contributed by atoms with Gasteiger partial charge in [-0.15, -0.1) is 0 Å². The third kappa shape index (κ3) is 3.24. The second-order valence-electron chi connectivity index (χ2n) is 3.51. The number of methoxy groups -OCH3 is 1. The molecule has 7 heteroatoms. The summed E-state index contributed by atoms with van der Waals surface area (Å²) in [6.07, 6.45) is -0.329. The van der Waals surface area contributed by atoms with Crippen molar-refractivity contribution in [1.29, 1.82) is 0 Å². The van der Waals surface area contributed by atoms with Crippen LogP contribution in [-0.4, -0.2) is 29.1 Å². The highest BCUT2D eigenvalue weighted by atomic mass is 127. The molecule has 0 saturated carbocycles. The molecule has 0 aliphatic rings. The van der Waals surface area contributed by atoms with Crippen molar-refractivity contribution < 1.29 is 18.3 Å². The van der Waals surface area contributed by atoms with E-state index in [0.717, 1.165) is 6.26 Å². The maximum Gasteiger partial charge on any atom is 0.224 e. The molecule has 0 spiro atoms. The van der Waals surface area contributed by atoms with Gasteiger partial charge in [-0.2, -0.15) is 0 Å². The van der Waals surface area contributed by atoms with Crippen molar-refractivity contribution in [3.8, 4) is 5.75 Å². The van der Waals surface area contributed by atoms with Gasteiger partial charge in [0.1, 0.15) is 11.9 Å². The minimum Gasteiger partial charge on any atom is -0.497 e. The predicted octanol–water partition coefficient (Wildman–Crippen LogP) is 2.10. The van der Waals surface area contributed by atoms with Crippen LogP contribution in [0.2, 0.25) is 0 Å². The molecule has 1 N–H and O–H groups in total. The average molecular weight is 391 g/mol. The number of hydrogen-bond acceptors (Lipinski definition) is 4. The third-order valence-electron chi connectivity index (χ3n) is 2.24. The van der Waals surface area contributed by atoms with E-state index >= 15 is 0 Å². The Morgan fingerprint density at radius 2 is 1.88 bits per heavy atom. The molecule has 0 fully saturated rings. The van der Waals surface area contributed by atoms with E-state index in [1.165, 1.54) is 29.7 Å². The zero-order valence-corrected chi connectivity index (χ0v) is 13.0. The van der Waals surface area contributed by atoms with Gasteiger partial charge in [-0.25, -0.2) is 8.42 Å². The summed E-state index contributed by atoms with van der Waals surface area (Å²) in [6, 6.07) is 6.41. The summed E-state index contributed by atoms with van der Waals surface area (Å²) in [4.78, 5) is 0.